The lowest BCUT2D eigenvalue weighted by Gasteiger charge is -2.35. The largest absolute Gasteiger partial charge is 0.324 e. The van der Waals surface area contributed by atoms with Gasteiger partial charge in [-0.1, -0.05) is 44.9 Å². The van der Waals surface area contributed by atoms with E-state index in [9.17, 15) is 4.79 Å². The smallest absolute Gasteiger partial charge is 0.252 e. The van der Waals surface area contributed by atoms with Gasteiger partial charge in [0.2, 0.25) is 5.95 Å². The summed E-state index contributed by atoms with van der Waals surface area (Å²) in [5.41, 5.74) is 1.67. The first-order chi connectivity index (χ1) is 12.6. The molecule has 4 rings (SSSR count). The maximum absolute atomic E-state index is 12.7. The number of fused-ring (bicyclic) bond motifs is 1. The van der Waals surface area contributed by atoms with Crippen LogP contribution in [0.15, 0.2) is 53.5 Å². The molecule has 1 N–H and O–H groups in total. The predicted octanol–water partition coefficient (Wildman–Crippen LogP) is 4.53. The molecular formula is C21H24N4O. The SMILES string of the molecule is CC1CCCC(n2c(=O)ccc3cnc(Nc4ccccc4)nc32)C1C. The van der Waals surface area contributed by atoms with Crippen LogP contribution >= 0.6 is 0 Å². The Kier molecular flexibility index (Phi) is 4.45. The number of pyridine rings is 1. The van der Waals surface area contributed by atoms with Crippen LogP contribution < -0.4 is 10.9 Å². The van der Waals surface area contributed by atoms with Gasteiger partial charge >= 0.3 is 0 Å². The van der Waals surface area contributed by atoms with Crippen molar-refractivity contribution >= 4 is 22.7 Å². The summed E-state index contributed by atoms with van der Waals surface area (Å²) < 4.78 is 1.90. The van der Waals surface area contributed by atoms with Crippen LogP contribution in [0, 0.1) is 11.8 Å². The number of rotatable bonds is 3. The van der Waals surface area contributed by atoms with Crippen molar-refractivity contribution in [2.75, 3.05) is 5.32 Å². The normalized spacial score (nSPS) is 23.1. The lowest BCUT2D eigenvalue weighted by Crippen LogP contribution is -2.34. The molecule has 134 valence electrons. The van der Waals surface area contributed by atoms with E-state index < -0.39 is 0 Å². The number of nitrogens with one attached hydrogen (secondary N) is 1. The molecule has 26 heavy (non-hydrogen) atoms. The van der Waals surface area contributed by atoms with E-state index in [0.29, 0.717) is 17.8 Å². The van der Waals surface area contributed by atoms with Crippen LogP contribution in [0.25, 0.3) is 11.0 Å². The molecular weight excluding hydrogens is 324 g/mol. The first-order valence-electron chi connectivity index (χ1n) is 9.34. The van der Waals surface area contributed by atoms with Crippen LogP contribution in [0.5, 0.6) is 0 Å². The van der Waals surface area contributed by atoms with Crippen LogP contribution in [0.3, 0.4) is 0 Å². The van der Waals surface area contributed by atoms with Crippen LogP contribution in [0.1, 0.15) is 39.2 Å². The Bertz CT molecular complexity index is 967. The van der Waals surface area contributed by atoms with Crippen molar-refractivity contribution in [1.82, 2.24) is 14.5 Å². The number of nitrogens with zero attached hydrogens (tertiary/aromatic N) is 3. The monoisotopic (exact) mass is 348 g/mol. The van der Waals surface area contributed by atoms with Gasteiger partial charge in [-0.05, 0) is 36.5 Å². The highest BCUT2D eigenvalue weighted by Gasteiger charge is 2.30. The molecule has 5 nitrogen and oxygen atoms in total. The van der Waals surface area contributed by atoms with Gasteiger partial charge in [0.05, 0.1) is 0 Å². The third-order valence-corrected chi connectivity index (χ3v) is 5.69. The summed E-state index contributed by atoms with van der Waals surface area (Å²) in [5.74, 6) is 1.58. The fourth-order valence-electron chi connectivity index (χ4n) is 3.99. The maximum Gasteiger partial charge on any atom is 0.252 e. The Labute approximate surface area is 153 Å². The molecule has 0 bridgehead atoms. The van der Waals surface area contributed by atoms with Crippen LogP contribution in [0.2, 0.25) is 0 Å². The van der Waals surface area contributed by atoms with Crippen molar-refractivity contribution in [2.24, 2.45) is 11.8 Å². The average Bonchev–Trinajstić information content (AvgIpc) is 2.65. The highest BCUT2D eigenvalue weighted by Crippen LogP contribution is 2.37. The molecule has 0 spiro atoms. The molecule has 0 radical (unpaired) electrons. The summed E-state index contributed by atoms with van der Waals surface area (Å²) in [7, 11) is 0. The summed E-state index contributed by atoms with van der Waals surface area (Å²) in [6, 6.07) is 13.5. The molecule has 3 atom stereocenters. The Balaban J connectivity index is 1.80. The van der Waals surface area contributed by atoms with Gasteiger partial charge in [-0.15, -0.1) is 0 Å². The van der Waals surface area contributed by atoms with Crippen molar-refractivity contribution in [2.45, 2.75) is 39.2 Å². The van der Waals surface area contributed by atoms with Gasteiger partial charge in [0.15, 0.2) is 0 Å². The second kappa shape index (κ2) is 6.90. The van der Waals surface area contributed by atoms with Crippen molar-refractivity contribution < 1.29 is 0 Å². The number of para-hydroxylation sites is 1. The molecule has 0 saturated heterocycles. The van der Waals surface area contributed by atoms with Gasteiger partial charge in [-0.3, -0.25) is 9.36 Å². The summed E-state index contributed by atoms with van der Waals surface area (Å²) in [4.78, 5) is 21.9. The zero-order chi connectivity index (χ0) is 18.1. The van der Waals surface area contributed by atoms with Crippen LogP contribution in [-0.4, -0.2) is 14.5 Å². The van der Waals surface area contributed by atoms with E-state index in [1.807, 2.05) is 41.0 Å². The van der Waals surface area contributed by atoms with Crippen molar-refractivity contribution in [3.8, 4) is 0 Å². The van der Waals surface area contributed by atoms with Gasteiger partial charge in [-0.25, -0.2) is 4.98 Å². The third kappa shape index (κ3) is 3.09. The lowest BCUT2D eigenvalue weighted by atomic mass is 9.78. The van der Waals surface area contributed by atoms with Crippen LogP contribution in [-0.2, 0) is 0 Å². The minimum absolute atomic E-state index is 0.0211. The van der Waals surface area contributed by atoms with Gasteiger partial charge < -0.3 is 5.32 Å². The number of hydrogen-bond donors (Lipinski definition) is 1. The first kappa shape index (κ1) is 16.8. The molecule has 5 heteroatoms. The maximum atomic E-state index is 12.7. The Morgan fingerprint density at radius 3 is 2.69 bits per heavy atom. The molecule has 0 aliphatic heterocycles. The Hall–Kier alpha value is -2.69. The molecule has 1 saturated carbocycles. The second-order valence-corrected chi connectivity index (χ2v) is 7.34. The van der Waals surface area contributed by atoms with E-state index in [4.69, 9.17) is 4.98 Å². The molecule has 1 fully saturated rings. The molecule has 3 unspecified atom stereocenters. The number of hydrogen-bond acceptors (Lipinski definition) is 4. The third-order valence-electron chi connectivity index (χ3n) is 5.69. The molecule has 1 aliphatic carbocycles. The van der Waals surface area contributed by atoms with Gasteiger partial charge in [0.25, 0.3) is 5.56 Å². The van der Waals surface area contributed by atoms with Gasteiger partial charge in [0.1, 0.15) is 5.65 Å². The number of anilines is 2. The summed E-state index contributed by atoms with van der Waals surface area (Å²) >= 11 is 0. The molecule has 1 aromatic carbocycles. The molecule has 2 aromatic heterocycles. The van der Waals surface area contributed by atoms with E-state index >= 15 is 0 Å². The Morgan fingerprint density at radius 2 is 1.88 bits per heavy atom. The quantitative estimate of drug-likeness (QED) is 0.755. The highest BCUT2D eigenvalue weighted by molar-refractivity contribution is 5.75. The number of benzene rings is 1. The Morgan fingerprint density at radius 1 is 1.08 bits per heavy atom. The molecule has 0 amide bonds. The summed E-state index contributed by atoms with van der Waals surface area (Å²) in [6.07, 6.45) is 5.20. The minimum atomic E-state index is 0.0211. The van der Waals surface area contributed by atoms with Crippen molar-refractivity contribution in [1.29, 1.82) is 0 Å². The minimum Gasteiger partial charge on any atom is -0.324 e. The second-order valence-electron chi connectivity index (χ2n) is 7.34. The van der Waals surface area contributed by atoms with Crippen molar-refractivity contribution in [3.05, 3.63) is 59.0 Å². The topological polar surface area (TPSA) is 59.8 Å². The standard InChI is InChI=1S/C21H24N4O/c1-14-7-6-10-18(15(14)2)25-19(26)12-11-16-13-22-21(24-20(16)25)23-17-8-4-3-5-9-17/h3-5,8-9,11-15,18H,6-7,10H2,1-2H3,(H,22,23,24). The highest BCUT2D eigenvalue weighted by atomic mass is 16.1. The number of aromatic nitrogens is 3. The zero-order valence-electron chi connectivity index (χ0n) is 15.2. The average molecular weight is 348 g/mol. The van der Waals surface area contributed by atoms with E-state index in [1.165, 1.54) is 6.42 Å². The summed E-state index contributed by atoms with van der Waals surface area (Å²) in [6.45, 7) is 4.54. The van der Waals surface area contributed by atoms with E-state index in [2.05, 4.69) is 24.1 Å². The fourth-order valence-corrected chi connectivity index (χ4v) is 3.99. The lowest BCUT2D eigenvalue weighted by molar-refractivity contribution is 0.186. The first-order valence-corrected chi connectivity index (χ1v) is 9.34. The molecule has 2 heterocycles. The van der Waals surface area contributed by atoms with Crippen molar-refractivity contribution in [3.63, 3.8) is 0 Å². The predicted molar refractivity (Wildman–Crippen MR) is 105 cm³/mol. The van der Waals surface area contributed by atoms with Gasteiger partial charge in [-0.2, -0.15) is 4.98 Å². The molecule has 1 aliphatic rings. The summed E-state index contributed by atoms with van der Waals surface area (Å²) in [5, 5.41) is 4.12. The van der Waals surface area contributed by atoms with E-state index in [-0.39, 0.29) is 11.6 Å². The van der Waals surface area contributed by atoms with Crippen LogP contribution in [0.4, 0.5) is 11.6 Å². The van der Waals surface area contributed by atoms with E-state index in [0.717, 1.165) is 29.6 Å². The fraction of sp³-hybridized carbons (Fsp3) is 0.381. The van der Waals surface area contributed by atoms with Gasteiger partial charge in [0, 0.05) is 29.4 Å². The zero-order valence-corrected chi connectivity index (χ0v) is 15.2. The van der Waals surface area contributed by atoms with E-state index in [1.54, 1.807) is 12.3 Å². The molecule has 3 aromatic rings.